The summed E-state index contributed by atoms with van der Waals surface area (Å²) in [6.07, 6.45) is 0. The van der Waals surface area contributed by atoms with Gasteiger partial charge >= 0.3 is 7.60 Å². The quantitative estimate of drug-likeness (QED) is 0.589. The van der Waals surface area contributed by atoms with Crippen molar-refractivity contribution in [1.29, 1.82) is 0 Å². The van der Waals surface area contributed by atoms with Gasteiger partial charge in [0.2, 0.25) is 8.32 Å². The van der Waals surface area contributed by atoms with Crippen LogP contribution in [-0.4, -0.2) is 39.2 Å². The molecular weight excluding hydrogens is 299 g/mol. The molecule has 6 nitrogen and oxygen atoms in total. The van der Waals surface area contributed by atoms with E-state index in [4.69, 9.17) is 3.87 Å². The molecule has 0 saturated carbocycles. The van der Waals surface area contributed by atoms with E-state index in [0.717, 1.165) is 0 Å². The Morgan fingerprint density at radius 3 is 1.59 bits per heavy atom. The fraction of sp³-hybridized carbons (Fsp3) is 1.00. The van der Waals surface area contributed by atoms with Crippen LogP contribution in [0.15, 0.2) is 0 Å². The lowest BCUT2D eigenvalue weighted by molar-refractivity contribution is 0.372. The largest absolute Gasteiger partial charge is 0.343 e. The topological polar surface area (TPSA) is 101 Å². The van der Waals surface area contributed by atoms with Gasteiger partial charge in [0, 0.05) is 0 Å². The van der Waals surface area contributed by atoms with Crippen LogP contribution < -0.4 is 0 Å². The van der Waals surface area contributed by atoms with E-state index < -0.39 is 38.7 Å². The third-order valence-corrected chi connectivity index (χ3v) is 15.2. The lowest BCUT2D eigenvalue weighted by atomic mass is 11.7. The van der Waals surface area contributed by atoms with E-state index >= 15 is 0 Å². The minimum Gasteiger partial charge on any atom is -0.324 e. The first-order chi connectivity index (χ1) is 7.07. The first-order valence-electron chi connectivity index (χ1n) is 5.07. The number of rotatable bonds is 5. The highest BCUT2D eigenvalue weighted by Gasteiger charge is 2.51. The molecule has 0 fully saturated rings. The van der Waals surface area contributed by atoms with E-state index in [0.29, 0.717) is 0 Å². The number of hydrogen-bond donors (Lipinski definition) is 2. The van der Waals surface area contributed by atoms with Gasteiger partial charge in [-0.1, -0.05) is 19.6 Å². The molecular formula is C7H21O6PSSi2. The molecule has 0 saturated heterocycles. The van der Waals surface area contributed by atoms with Crippen molar-refractivity contribution in [3.05, 3.63) is 0 Å². The smallest absolute Gasteiger partial charge is 0.324 e. The van der Waals surface area contributed by atoms with Crippen LogP contribution in [0.4, 0.5) is 0 Å². The summed E-state index contributed by atoms with van der Waals surface area (Å²) in [5, 5.41) is 0. The summed E-state index contributed by atoms with van der Waals surface area (Å²) in [5.41, 5.74) is 0. The third-order valence-electron chi connectivity index (χ3n) is 1.69. The summed E-state index contributed by atoms with van der Waals surface area (Å²) in [6.45, 7) is 9.77. The summed E-state index contributed by atoms with van der Waals surface area (Å²) in [5.74, 6) is 0. The minimum atomic E-state index is -4.73. The summed E-state index contributed by atoms with van der Waals surface area (Å²) in [7, 11) is -14.0. The van der Waals surface area contributed by atoms with Crippen molar-refractivity contribution < 1.29 is 26.6 Å². The van der Waals surface area contributed by atoms with E-state index in [1.807, 2.05) is 0 Å². The number of hydrogen-bond acceptors (Lipinski definition) is 4. The summed E-state index contributed by atoms with van der Waals surface area (Å²) < 4.78 is 38.7. The first kappa shape index (κ1) is 17.5. The second-order valence-electron chi connectivity index (χ2n) is 6.00. The second-order valence-corrected chi connectivity index (χ2v) is 20.6. The highest BCUT2D eigenvalue weighted by atomic mass is 32.2. The Bertz CT molecular complexity index is 415. The Morgan fingerprint density at radius 1 is 1.06 bits per heavy atom. The molecule has 0 aliphatic heterocycles. The van der Waals surface area contributed by atoms with Gasteiger partial charge in [-0.15, -0.1) is 0 Å². The molecule has 2 N–H and O–H groups in total. The van der Waals surface area contributed by atoms with Gasteiger partial charge in [0.25, 0.3) is 10.1 Å². The molecule has 0 heterocycles. The van der Waals surface area contributed by atoms with Crippen LogP contribution >= 0.6 is 7.60 Å². The SMILES string of the molecule is C[Si](C)(C)OS(=O)(=O)C([Si](C)(C)C)P(=O)(O)O. The average Bonchev–Trinajstić information content (AvgIpc) is 1.66. The normalized spacial score (nSPS) is 16.9. The highest BCUT2D eigenvalue weighted by Crippen LogP contribution is 2.49. The van der Waals surface area contributed by atoms with Crippen LogP contribution in [0.1, 0.15) is 0 Å². The maximum atomic E-state index is 12.0. The van der Waals surface area contributed by atoms with Gasteiger partial charge in [-0.3, -0.25) is 4.57 Å². The molecule has 0 rings (SSSR count). The molecule has 1 atom stereocenters. The molecule has 17 heavy (non-hydrogen) atoms. The fourth-order valence-corrected chi connectivity index (χ4v) is 14.3. The predicted molar refractivity (Wildman–Crippen MR) is 72.5 cm³/mol. The Hall–Kier alpha value is 0.494. The standard InChI is InChI=1S/C7H21O6PSSi2/c1-16(2,3)7(14(8,9)10)15(11,12)13-17(4,5)6/h7H,1-6H3,(H2,8,9,10). The molecule has 0 aliphatic rings. The van der Waals surface area contributed by atoms with E-state index in [2.05, 4.69) is 0 Å². The zero-order chi connectivity index (χ0) is 14.3. The summed E-state index contributed by atoms with van der Waals surface area (Å²) in [4.78, 5) is 18.5. The Kier molecular flexibility index (Phi) is 5.02. The van der Waals surface area contributed by atoms with Crippen LogP contribution in [0.25, 0.3) is 0 Å². The van der Waals surface area contributed by atoms with Gasteiger partial charge < -0.3 is 13.7 Å². The molecule has 0 bridgehead atoms. The fourth-order valence-electron chi connectivity index (χ4n) is 1.50. The molecule has 104 valence electrons. The van der Waals surface area contributed by atoms with Crippen molar-refractivity contribution in [1.82, 2.24) is 0 Å². The van der Waals surface area contributed by atoms with Gasteiger partial charge in [-0.2, -0.15) is 8.42 Å². The van der Waals surface area contributed by atoms with Crippen molar-refractivity contribution >= 4 is 34.1 Å². The molecule has 0 aliphatic carbocycles. The van der Waals surface area contributed by atoms with E-state index in [9.17, 15) is 22.8 Å². The third kappa shape index (κ3) is 5.78. The van der Waals surface area contributed by atoms with Crippen molar-refractivity contribution in [3.63, 3.8) is 0 Å². The van der Waals surface area contributed by atoms with Crippen molar-refractivity contribution in [3.8, 4) is 0 Å². The van der Waals surface area contributed by atoms with Gasteiger partial charge in [-0.05, 0) is 19.6 Å². The van der Waals surface area contributed by atoms with Crippen LogP contribution in [0, 0.1) is 0 Å². The lowest BCUT2D eigenvalue weighted by Crippen LogP contribution is -2.47. The zero-order valence-corrected chi connectivity index (χ0v) is 14.7. The summed E-state index contributed by atoms with van der Waals surface area (Å²) in [6, 6.07) is 0. The van der Waals surface area contributed by atoms with Gasteiger partial charge in [0.15, 0.2) is 4.61 Å². The maximum Gasteiger partial charge on any atom is 0.343 e. The highest BCUT2D eigenvalue weighted by molar-refractivity contribution is 7.98. The second kappa shape index (κ2) is 4.88. The van der Waals surface area contributed by atoms with E-state index in [1.165, 1.54) is 0 Å². The Balaban J connectivity index is 5.60. The molecule has 0 spiro atoms. The first-order valence-corrected chi connectivity index (χ1v) is 15.2. The Morgan fingerprint density at radius 2 is 1.41 bits per heavy atom. The minimum absolute atomic E-state index is 1.60. The molecule has 0 amide bonds. The average molecular weight is 320 g/mol. The summed E-state index contributed by atoms with van der Waals surface area (Å²) >= 11 is 0. The van der Waals surface area contributed by atoms with E-state index in [-0.39, 0.29) is 0 Å². The Labute approximate surface area is 105 Å². The molecule has 0 aromatic rings. The zero-order valence-electron chi connectivity index (χ0n) is 11.0. The molecule has 0 aromatic heterocycles. The molecule has 0 aromatic carbocycles. The lowest BCUT2D eigenvalue weighted by Gasteiger charge is -2.30. The van der Waals surface area contributed by atoms with Crippen molar-refractivity contribution in [2.45, 2.75) is 43.9 Å². The molecule has 10 heteroatoms. The van der Waals surface area contributed by atoms with Crippen LogP contribution in [-0.2, 0) is 18.6 Å². The van der Waals surface area contributed by atoms with E-state index in [1.54, 1.807) is 39.3 Å². The van der Waals surface area contributed by atoms with Gasteiger partial charge in [0.05, 0.1) is 8.07 Å². The van der Waals surface area contributed by atoms with Crippen LogP contribution in [0.3, 0.4) is 0 Å². The van der Waals surface area contributed by atoms with Crippen LogP contribution in [0.5, 0.6) is 0 Å². The van der Waals surface area contributed by atoms with Gasteiger partial charge in [-0.25, -0.2) is 0 Å². The van der Waals surface area contributed by atoms with Crippen LogP contribution in [0.2, 0.25) is 39.3 Å². The maximum absolute atomic E-state index is 12.0. The predicted octanol–water partition coefficient (Wildman–Crippen LogP) is 1.55. The van der Waals surface area contributed by atoms with Gasteiger partial charge in [0.1, 0.15) is 0 Å². The molecule has 0 radical (unpaired) electrons. The monoisotopic (exact) mass is 320 g/mol. The van der Waals surface area contributed by atoms with Crippen molar-refractivity contribution in [2.75, 3.05) is 0 Å². The van der Waals surface area contributed by atoms with Crippen molar-refractivity contribution in [2.24, 2.45) is 0 Å². The molecule has 1 unspecified atom stereocenters.